The van der Waals surface area contributed by atoms with Crippen molar-refractivity contribution < 1.29 is 19.7 Å². The zero-order chi connectivity index (χ0) is 20.9. The lowest BCUT2D eigenvalue weighted by molar-refractivity contribution is 0.0636. The average molecular weight is 598 g/mol. The van der Waals surface area contributed by atoms with Gasteiger partial charge in [0.2, 0.25) is 0 Å². The highest BCUT2D eigenvalue weighted by atomic mass is 127. The van der Waals surface area contributed by atoms with Gasteiger partial charge in [0.05, 0.1) is 5.69 Å². The summed E-state index contributed by atoms with van der Waals surface area (Å²) in [5, 5.41) is 21.3. The van der Waals surface area contributed by atoms with E-state index in [2.05, 4.69) is 50.5 Å². The van der Waals surface area contributed by atoms with Crippen molar-refractivity contribution in [2.75, 3.05) is 11.1 Å². The summed E-state index contributed by atoms with van der Waals surface area (Å²) < 4.78 is 6.96. The van der Waals surface area contributed by atoms with E-state index < -0.39 is 11.7 Å². The lowest BCUT2D eigenvalue weighted by Crippen LogP contribution is -2.27. The van der Waals surface area contributed by atoms with Crippen LogP contribution in [0, 0.1) is 21.0 Å². The summed E-state index contributed by atoms with van der Waals surface area (Å²) in [6, 6.07) is 6.73. The van der Waals surface area contributed by atoms with E-state index in [0.717, 1.165) is 18.3 Å². The number of nitrogen functional groups attached to an aromatic ring is 1. The molecule has 0 heterocycles. The van der Waals surface area contributed by atoms with Crippen LogP contribution in [-0.2, 0) is 4.74 Å². The van der Waals surface area contributed by atoms with Gasteiger partial charge >= 0.3 is 6.09 Å². The van der Waals surface area contributed by atoms with Crippen LogP contribution >= 0.6 is 45.2 Å². The third kappa shape index (κ3) is 7.99. The fourth-order valence-electron chi connectivity index (χ4n) is 1.85. The Labute approximate surface area is 186 Å². The number of ether oxygens (including phenoxy) is 1. The van der Waals surface area contributed by atoms with Crippen LogP contribution in [0.5, 0.6) is 11.5 Å². The van der Waals surface area contributed by atoms with Crippen LogP contribution in [0.4, 0.5) is 16.2 Å². The van der Waals surface area contributed by atoms with E-state index in [0.29, 0.717) is 11.4 Å². The maximum atomic E-state index is 11.6. The molecular weight excluding hydrogens is 574 g/mol. The highest BCUT2D eigenvalue weighted by molar-refractivity contribution is 14.1. The molecule has 6 nitrogen and oxygen atoms in total. The quantitative estimate of drug-likeness (QED) is 0.255. The first-order valence-corrected chi connectivity index (χ1v) is 10.2. The summed E-state index contributed by atoms with van der Waals surface area (Å²) in [6.07, 6.45) is -0.529. The minimum Gasteiger partial charge on any atom is -0.508 e. The van der Waals surface area contributed by atoms with Gasteiger partial charge < -0.3 is 20.7 Å². The molecule has 0 bridgehead atoms. The molecule has 5 N–H and O–H groups in total. The molecule has 8 heteroatoms. The van der Waals surface area contributed by atoms with E-state index in [1.165, 1.54) is 6.07 Å². The van der Waals surface area contributed by atoms with E-state index >= 15 is 0 Å². The van der Waals surface area contributed by atoms with Gasteiger partial charge in [-0.15, -0.1) is 0 Å². The van der Waals surface area contributed by atoms with Gasteiger partial charge in [0, 0.05) is 25.0 Å². The minimum atomic E-state index is -0.539. The van der Waals surface area contributed by atoms with Crippen molar-refractivity contribution in [2.45, 2.75) is 40.2 Å². The molecule has 0 fully saturated rings. The van der Waals surface area contributed by atoms with E-state index in [1.807, 2.05) is 13.0 Å². The Morgan fingerprint density at radius 3 is 1.96 bits per heavy atom. The van der Waals surface area contributed by atoms with Gasteiger partial charge in [-0.25, -0.2) is 4.79 Å². The summed E-state index contributed by atoms with van der Waals surface area (Å²) in [5.74, 6) is 0.411. The monoisotopic (exact) mass is 598 g/mol. The predicted molar refractivity (Wildman–Crippen MR) is 125 cm³/mol. The second-order valence-corrected chi connectivity index (χ2v) is 9.23. The van der Waals surface area contributed by atoms with Gasteiger partial charge in [-0.05, 0) is 103 Å². The molecule has 0 unspecified atom stereocenters. The lowest BCUT2D eigenvalue weighted by Gasteiger charge is -2.20. The van der Waals surface area contributed by atoms with Gasteiger partial charge in [0.1, 0.15) is 17.1 Å². The van der Waals surface area contributed by atoms with Crippen LogP contribution in [-0.4, -0.2) is 21.9 Å². The van der Waals surface area contributed by atoms with E-state index in [9.17, 15) is 9.90 Å². The molecule has 1 amide bonds. The highest BCUT2D eigenvalue weighted by Gasteiger charge is 2.17. The Bertz CT molecular complexity index is 783. The summed E-state index contributed by atoms with van der Waals surface area (Å²) in [6.45, 7) is 9.03. The molecule has 0 saturated heterocycles. The topological polar surface area (TPSA) is 105 Å². The molecule has 148 valence electrons. The van der Waals surface area contributed by atoms with Gasteiger partial charge in [-0.3, -0.25) is 5.32 Å². The van der Waals surface area contributed by atoms with Gasteiger partial charge in [-0.2, -0.15) is 0 Å². The van der Waals surface area contributed by atoms with Crippen molar-refractivity contribution in [2.24, 2.45) is 0 Å². The Kier molecular flexibility index (Phi) is 8.46. The third-order valence-electron chi connectivity index (χ3n) is 3.24. The number of carbonyl (C=O) groups is 1. The summed E-state index contributed by atoms with van der Waals surface area (Å²) in [7, 11) is 0. The number of rotatable bonds is 1. The van der Waals surface area contributed by atoms with Crippen molar-refractivity contribution in [3.05, 3.63) is 42.5 Å². The van der Waals surface area contributed by atoms with E-state index in [-0.39, 0.29) is 11.5 Å². The van der Waals surface area contributed by atoms with Crippen molar-refractivity contribution in [3.8, 4) is 11.5 Å². The van der Waals surface area contributed by atoms with Crippen molar-refractivity contribution in [1.29, 1.82) is 0 Å². The number of halogens is 2. The number of anilines is 2. The molecule has 0 aliphatic rings. The SMILES string of the molecule is Cc1cc(I)c(N)cc1O.Cc1cc(I)c(NC(=O)OC(C)(C)C)cc1O. The van der Waals surface area contributed by atoms with Crippen molar-refractivity contribution >= 4 is 62.6 Å². The summed E-state index contributed by atoms with van der Waals surface area (Å²) in [4.78, 5) is 11.6. The number of phenolic OH excluding ortho intramolecular Hbond substituents is 2. The number of benzene rings is 2. The Morgan fingerprint density at radius 2 is 1.48 bits per heavy atom. The largest absolute Gasteiger partial charge is 0.508 e. The average Bonchev–Trinajstić information content (AvgIpc) is 2.49. The molecule has 2 aromatic rings. The highest BCUT2D eigenvalue weighted by Crippen LogP contribution is 2.27. The lowest BCUT2D eigenvalue weighted by atomic mass is 10.2. The van der Waals surface area contributed by atoms with Crippen LogP contribution in [0.15, 0.2) is 24.3 Å². The number of hydrogen-bond acceptors (Lipinski definition) is 5. The van der Waals surface area contributed by atoms with E-state index in [1.54, 1.807) is 39.8 Å². The molecule has 0 aliphatic carbocycles. The molecule has 0 aromatic heterocycles. The number of aromatic hydroxyl groups is 2. The fourth-order valence-corrected chi connectivity index (χ4v) is 3.23. The fraction of sp³-hybridized carbons (Fsp3) is 0.316. The molecule has 0 atom stereocenters. The molecule has 0 aliphatic heterocycles. The Morgan fingerprint density at radius 1 is 1.00 bits per heavy atom. The molecule has 2 rings (SSSR count). The second-order valence-electron chi connectivity index (χ2n) is 6.91. The first-order chi connectivity index (χ1) is 12.3. The number of hydrogen-bond donors (Lipinski definition) is 4. The van der Waals surface area contributed by atoms with E-state index in [4.69, 9.17) is 15.6 Å². The Balaban J connectivity index is 0.000000309. The maximum absolute atomic E-state index is 11.6. The molecule has 0 saturated carbocycles. The number of phenols is 2. The normalized spacial score (nSPS) is 10.6. The van der Waals surface area contributed by atoms with Crippen LogP contribution in [0.1, 0.15) is 31.9 Å². The smallest absolute Gasteiger partial charge is 0.412 e. The van der Waals surface area contributed by atoms with Crippen LogP contribution < -0.4 is 11.1 Å². The number of amides is 1. The van der Waals surface area contributed by atoms with Crippen LogP contribution in [0.25, 0.3) is 0 Å². The number of carbonyl (C=O) groups excluding carboxylic acids is 1. The predicted octanol–water partition coefficient (Wildman–Crippen LogP) is 5.54. The first-order valence-electron chi connectivity index (χ1n) is 8.04. The van der Waals surface area contributed by atoms with Gasteiger partial charge in [0.25, 0.3) is 0 Å². The number of nitrogens with one attached hydrogen (secondary N) is 1. The summed E-state index contributed by atoms with van der Waals surface area (Å²) >= 11 is 4.22. The van der Waals surface area contributed by atoms with Crippen molar-refractivity contribution in [1.82, 2.24) is 0 Å². The molecule has 0 radical (unpaired) electrons. The molecule has 27 heavy (non-hydrogen) atoms. The van der Waals surface area contributed by atoms with Gasteiger partial charge in [0.15, 0.2) is 0 Å². The second kappa shape index (κ2) is 9.67. The zero-order valence-electron chi connectivity index (χ0n) is 15.9. The third-order valence-corrected chi connectivity index (χ3v) is 5.06. The summed E-state index contributed by atoms with van der Waals surface area (Å²) in [5.41, 5.74) is 7.78. The Hall–Kier alpha value is -1.43. The van der Waals surface area contributed by atoms with Gasteiger partial charge in [-0.1, -0.05) is 0 Å². The molecular formula is C19H24I2N2O4. The first kappa shape index (κ1) is 23.6. The standard InChI is InChI=1S/C12H16INO3.C7H8INO/c1-7-5-8(13)9(6-10(7)15)14-11(16)17-12(2,3)4;1-4-2-5(8)6(9)3-7(4)10/h5-6,15H,1-4H3,(H,14,16);2-3,10H,9H2,1H3. The molecule has 2 aromatic carbocycles. The van der Waals surface area contributed by atoms with Crippen LogP contribution in [0.3, 0.4) is 0 Å². The number of nitrogens with two attached hydrogens (primary N) is 1. The molecule has 0 spiro atoms. The van der Waals surface area contributed by atoms with Crippen LogP contribution in [0.2, 0.25) is 0 Å². The van der Waals surface area contributed by atoms with Crippen molar-refractivity contribution in [3.63, 3.8) is 0 Å². The number of aryl methyl sites for hydroxylation is 2. The zero-order valence-corrected chi connectivity index (χ0v) is 20.2. The maximum Gasteiger partial charge on any atom is 0.412 e. The minimum absolute atomic E-state index is 0.150.